The summed E-state index contributed by atoms with van der Waals surface area (Å²) in [5, 5.41) is 9.52. The number of hydrogen-bond donors (Lipinski definition) is 3. The van der Waals surface area contributed by atoms with Crippen LogP contribution in [0.5, 0.6) is 11.5 Å². The van der Waals surface area contributed by atoms with Crippen LogP contribution in [-0.2, 0) is 11.3 Å². The lowest BCUT2D eigenvalue weighted by molar-refractivity contribution is -0.119. The number of benzene rings is 2. The molecule has 0 fully saturated rings. The van der Waals surface area contributed by atoms with E-state index in [1.54, 1.807) is 7.11 Å². The fourth-order valence-corrected chi connectivity index (χ4v) is 2.84. The maximum Gasteiger partial charge on any atom is 0.227 e. The number of carbonyl (C=O) groups is 1. The van der Waals surface area contributed by atoms with E-state index in [1.165, 1.54) is 0 Å². The SMILES string of the molecule is CCNC(=NCc1cccc(NC(=O)C(C)CC)c1)Nc1ccc(OC)c(OCC)c1. The van der Waals surface area contributed by atoms with Crippen LogP contribution in [0.4, 0.5) is 11.4 Å². The van der Waals surface area contributed by atoms with Gasteiger partial charge in [-0.1, -0.05) is 26.0 Å². The van der Waals surface area contributed by atoms with Gasteiger partial charge in [0.25, 0.3) is 0 Å². The highest BCUT2D eigenvalue weighted by Gasteiger charge is 2.11. The van der Waals surface area contributed by atoms with Crippen LogP contribution in [0, 0.1) is 5.92 Å². The molecule has 0 bridgehead atoms. The van der Waals surface area contributed by atoms with Gasteiger partial charge in [0, 0.05) is 29.9 Å². The highest BCUT2D eigenvalue weighted by molar-refractivity contribution is 5.94. The Morgan fingerprint density at radius 1 is 1.03 bits per heavy atom. The number of hydrogen-bond acceptors (Lipinski definition) is 4. The van der Waals surface area contributed by atoms with E-state index in [1.807, 2.05) is 70.2 Å². The second-order valence-electron chi connectivity index (χ2n) is 7.12. The first kappa shape index (κ1) is 24.1. The van der Waals surface area contributed by atoms with Gasteiger partial charge in [-0.25, -0.2) is 4.99 Å². The molecular weight excluding hydrogens is 392 g/mol. The van der Waals surface area contributed by atoms with Gasteiger partial charge >= 0.3 is 0 Å². The molecule has 0 aromatic heterocycles. The predicted octanol–water partition coefficient (Wildman–Crippen LogP) is 4.66. The van der Waals surface area contributed by atoms with Gasteiger partial charge in [-0.3, -0.25) is 4.79 Å². The van der Waals surface area contributed by atoms with Crippen LogP contribution in [0.2, 0.25) is 0 Å². The lowest BCUT2D eigenvalue weighted by atomic mass is 10.1. The summed E-state index contributed by atoms with van der Waals surface area (Å²) in [4.78, 5) is 16.8. The molecule has 0 saturated carbocycles. The number of anilines is 2. The molecule has 1 atom stereocenters. The van der Waals surface area contributed by atoms with E-state index >= 15 is 0 Å². The molecule has 7 nitrogen and oxygen atoms in total. The lowest BCUT2D eigenvalue weighted by Gasteiger charge is -2.15. The Balaban J connectivity index is 2.12. The molecule has 2 aromatic carbocycles. The quantitative estimate of drug-likeness (QED) is 0.380. The van der Waals surface area contributed by atoms with Gasteiger partial charge in [0.15, 0.2) is 17.5 Å². The summed E-state index contributed by atoms with van der Waals surface area (Å²) in [6, 6.07) is 13.4. The van der Waals surface area contributed by atoms with E-state index in [4.69, 9.17) is 9.47 Å². The van der Waals surface area contributed by atoms with Crippen molar-refractivity contribution in [1.82, 2.24) is 5.32 Å². The Morgan fingerprint density at radius 2 is 1.81 bits per heavy atom. The van der Waals surface area contributed by atoms with Crippen molar-refractivity contribution in [2.45, 2.75) is 40.7 Å². The highest BCUT2D eigenvalue weighted by atomic mass is 16.5. The summed E-state index contributed by atoms with van der Waals surface area (Å²) in [5.74, 6) is 2.03. The normalized spacial score (nSPS) is 12.1. The van der Waals surface area contributed by atoms with Gasteiger partial charge in [-0.05, 0) is 50.1 Å². The number of nitrogens with zero attached hydrogens (tertiary/aromatic N) is 1. The van der Waals surface area contributed by atoms with Crippen molar-refractivity contribution in [2.75, 3.05) is 30.9 Å². The number of rotatable bonds is 10. The molecule has 0 radical (unpaired) electrons. The molecule has 2 rings (SSSR count). The molecule has 1 amide bonds. The Kier molecular flexibility index (Phi) is 9.68. The molecule has 3 N–H and O–H groups in total. The van der Waals surface area contributed by atoms with Crippen molar-refractivity contribution in [1.29, 1.82) is 0 Å². The van der Waals surface area contributed by atoms with E-state index in [2.05, 4.69) is 20.9 Å². The first-order chi connectivity index (χ1) is 15.0. The van der Waals surface area contributed by atoms with Crippen LogP contribution in [0.1, 0.15) is 39.7 Å². The van der Waals surface area contributed by atoms with Crippen molar-refractivity contribution in [3.8, 4) is 11.5 Å². The van der Waals surface area contributed by atoms with Crippen molar-refractivity contribution >= 4 is 23.2 Å². The largest absolute Gasteiger partial charge is 0.493 e. The van der Waals surface area contributed by atoms with Crippen LogP contribution >= 0.6 is 0 Å². The summed E-state index contributed by atoms with van der Waals surface area (Å²) < 4.78 is 11.0. The Morgan fingerprint density at radius 3 is 2.48 bits per heavy atom. The minimum Gasteiger partial charge on any atom is -0.493 e. The van der Waals surface area contributed by atoms with Gasteiger partial charge in [0.05, 0.1) is 20.3 Å². The van der Waals surface area contributed by atoms with Gasteiger partial charge in [0.2, 0.25) is 5.91 Å². The first-order valence-corrected chi connectivity index (χ1v) is 10.8. The van der Waals surface area contributed by atoms with Gasteiger partial charge in [0.1, 0.15) is 0 Å². The van der Waals surface area contributed by atoms with E-state index in [-0.39, 0.29) is 11.8 Å². The first-order valence-electron chi connectivity index (χ1n) is 10.8. The monoisotopic (exact) mass is 426 g/mol. The number of guanidine groups is 1. The van der Waals surface area contributed by atoms with Gasteiger partial charge in [-0.2, -0.15) is 0 Å². The number of aliphatic imine (C=N–C) groups is 1. The Labute approximate surface area is 185 Å². The molecule has 0 spiro atoms. The third-order valence-electron chi connectivity index (χ3n) is 4.74. The zero-order valence-electron chi connectivity index (χ0n) is 19.1. The minimum atomic E-state index is -0.0164. The molecule has 7 heteroatoms. The van der Waals surface area contributed by atoms with Crippen molar-refractivity contribution in [3.05, 3.63) is 48.0 Å². The highest BCUT2D eigenvalue weighted by Crippen LogP contribution is 2.30. The van der Waals surface area contributed by atoms with Crippen LogP contribution in [0.15, 0.2) is 47.5 Å². The fourth-order valence-electron chi connectivity index (χ4n) is 2.84. The average molecular weight is 427 g/mol. The topological polar surface area (TPSA) is 84.0 Å². The number of amides is 1. The molecule has 0 heterocycles. The molecule has 0 aliphatic heterocycles. The zero-order valence-corrected chi connectivity index (χ0v) is 19.1. The number of ether oxygens (including phenoxy) is 2. The second-order valence-corrected chi connectivity index (χ2v) is 7.12. The van der Waals surface area contributed by atoms with Gasteiger partial charge < -0.3 is 25.4 Å². The molecule has 1 unspecified atom stereocenters. The molecule has 0 aliphatic rings. The van der Waals surface area contributed by atoms with Crippen molar-refractivity contribution < 1.29 is 14.3 Å². The van der Waals surface area contributed by atoms with E-state index in [0.717, 1.165) is 29.9 Å². The van der Waals surface area contributed by atoms with Crippen molar-refractivity contribution in [2.24, 2.45) is 10.9 Å². The summed E-state index contributed by atoms with van der Waals surface area (Å²) >= 11 is 0. The Bertz CT molecular complexity index is 883. The molecule has 31 heavy (non-hydrogen) atoms. The summed E-state index contributed by atoms with van der Waals surface area (Å²) in [7, 11) is 1.62. The van der Waals surface area contributed by atoms with Crippen LogP contribution in [0.25, 0.3) is 0 Å². The van der Waals surface area contributed by atoms with Crippen LogP contribution in [0.3, 0.4) is 0 Å². The number of nitrogens with one attached hydrogen (secondary N) is 3. The van der Waals surface area contributed by atoms with E-state index in [9.17, 15) is 4.79 Å². The van der Waals surface area contributed by atoms with Crippen molar-refractivity contribution in [3.63, 3.8) is 0 Å². The molecule has 0 aliphatic carbocycles. The predicted molar refractivity (Wildman–Crippen MR) is 127 cm³/mol. The number of carbonyl (C=O) groups excluding carboxylic acids is 1. The molecular formula is C24H34N4O3. The smallest absolute Gasteiger partial charge is 0.227 e. The second kappa shape index (κ2) is 12.5. The zero-order chi connectivity index (χ0) is 22.6. The van der Waals surface area contributed by atoms with Crippen LogP contribution < -0.4 is 25.4 Å². The van der Waals surface area contributed by atoms with Gasteiger partial charge in [-0.15, -0.1) is 0 Å². The van der Waals surface area contributed by atoms with E-state index < -0.39 is 0 Å². The third kappa shape index (κ3) is 7.51. The molecule has 2 aromatic rings. The average Bonchev–Trinajstić information content (AvgIpc) is 2.77. The van der Waals surface area contributed by atoms with E-state index in [0.29, 0.717) is 30.6 Å². The Hall–Kier alpha value is -3.22. The molecule has 168 valence electrons. The lowest BCUT2D eigenvalue weighted by Crippen LogP contribution is -2.30. The minimum absolute atomic E-state index is 0.0164. The maximum atomic E-state index is 12.2. The standard InChI is InChI=1S/C24H34N4O3/c1-6-17(4)23(29)27-19-11-9-10-18(14-19)16-26-24(25-7-2)28-20-12-13-21(30-5)22(15-20)31-8-3/h9-15,17H,6-8,16H2,1-5H3,(H,27,29)(H2,25,26,28). The summed E-state index contributed by atoms with van der Waals surface area (Å²) in [6.45, 7) is 9.63. The third-order valence-corrected chi connectivity index (χ3v) is 4.74. The number of methoxy groups -OCH3 is 1. The fraction of sp³-hybridized carbons (Fsp3) is 0.417. The summed E-state index contributed by atoms with van der Waals surface area (Å²) in [5.41, 5.74) is 2.63. The maximum absolute atomic E-state index is 12.2. The summed E-state index contributed by atoms with van der Waals surface area (Å²) in [6.07, 6.45) is 0.809. The molecule has 0 saturated heterocycles. The van der Waals surface area contributed by atoms with Crippen LogP contribution in [-0.4, -0.2) is 32.1 Å².